The van der Waals surface area contributed by atoms with Crippen LogP contribution in [0.4, 0.5) is 4.79 Å². The van der Waals surface area contributed by atoms with Crippen molar-refractivity contribution in [1.29, 1.82) is 0 Å². The molecule has 4 bridgehead atoms. The van der Waals surface area contributed by atoms with Gasteiger partial charge in [0.25, 0.3) is 0 Å². The fourth-order valence-corrected chi connectivity index (χ4v) is 8.10. The zero-order chi connectivity index (χ0) is 24.9. The number of hydrogen-bond acceptors (Lipinski definition) is 4. The standard InChI is InChI=1S/C28H34N4O3S/c1-36(34,35)25-9-7-24(8-10-25)32-26(22-5-3-2-4-6-22)14-23(31-32)18-29-27(33)30-28-15-19-11-20(16-28)13-21(12-19)17-28/h2-7,9-10,14,19-21,24H,8,11-13,15-18H2,1H3,(H2,29,30,33). The number of carbonyl (C=O) groups excluding carboxylic acids is 1. The number of hydrogen-bond donors (Lipinski definition) is 2. The number of aromatic nitrogens is 2. The number of nitrogens with zero attached hydrogens (tertiary/aromatic N) is 2. The molecule has 2 N–H and O–H groups in total. The molecule has 1 atom stereocenters. The van der Waals surface area contributed by atoms with E-state index in [2.05, 4.69) is 10.6 Å². The molecule has 2 aromatic rings. The Morgan fingerprint density at radius 2 is 1.75 bits per heavy atom. The summed E-state index contributed by atoms with van der Waals surface area (Å²) in [5.74, 6) is 2.34. The summed E-state index contributed by atoms with van der Waals surface area (Å²) in [6, 6.07) is 11.8. The zero-order valence-electron chi connectivity index (χ0n) is 20.7. The fraction of sp³-hybridized carbons (Fsp3) is 0.500. The number of sulfone groups is 1. The Kier molecular flexibility index (Phi) is 5.82. The van der Waals surface area contributed by atoms with Gasteiger partial charge in [0, 0.05) is 11.8 Å². The molecule has 7 nitrogen and oxygen atoms in total. The SMILES string of the molecule is CS(=O)(=O)C1=CCC(n2nc(CNC(=O)NC34CC5CC(CC(C5)C3)C4)cc2-c2ccccc2)C=C1. The zero-order valence-corrected chi connectivity index (χ0v) is 21.5. The third kappa shape index (κ3) is 4.63. The van der Waals surface area contributed by atoms with Crippen LogP contribution in [0.1, 0.15) is 56.7 Å². The first-order valence-corrected chi connectivity index (χ1v) is 14.9. The largest absolute Gasteiger partial charge is 0.333 e. The molecule has 0 saturated heterocycles. The van der Waals surface area contributed by atoms with Gasteiger partial charge in [0.15, 0.2) is 9.84 Å². The molecule has 1 unspecified atom stereocenters. The van der Waals surface area contributed by atoms with E-state index in [0.29, 0.717) is 17.9 Å². The Balaban J connectivity index is 1.17. The van der Waals surface area contributed by atoms with Crippen LogP contribution < -0.4 is 10.6 Å². The molecule has 0 radical (unpaired) electrons. The average Bonchev–Trinajstić information content (AvgIpc) is 3.26. The predicted molar refractivity (Wildman–Crippen MR) is 140 cm³/mol. The molecular weight excluding hydrogens is 472 g/mol. The molecule has 36 heavy (non-hydrogen) atoms. The third-order valence-electron chi connectivity index (χ3n) is 8.49. The van der Waals surface area contributed by atoms with E-state index in [4.69, 9.17) is 5.10 Å². The highest BCUT2D eigenvalue weighted by atomic mass is 32.2. The lowest BCUT2D eigenvalue weighted by Gasteiger charge is -2.56. The van der Waals surface area contributed by atoms with E-state index in [9.17, 15) is 13.2 Å². The van der Waals surface area contributed by atoms with Gasteiger partial charge >= 0.3 is 6.03 Å². The maximum Gasteiger partial charge on any atom is 0.315 e. The lowest BCUT2D eigenvalue weighted by Crippen LogP contribution is -2.61. The minimum atomic E-state index is -3.24. The van der Waals surface area contributed by atoms with Crippen LogP contribution in [0.15, 0.2) is 59.5 Å². The Labute approximate surface area is 213 Å². The molecule has 1 aromatic heterocycles. The summed E-state index contributed by atoms with van der Waals surface area (Å²) >= 11 is 0. The lowest BCUT2D eigenvalue weighted by molar-refractivity contribution is -0.0135. The van der Waals surface area contributed by atoms with Gasteiger partial charge in [-0.15, -0.1) is 0 Å². The highest BCUT2D eigenvalue weighted by molar-refractivity contribution is 7.94. The van der Waals surface area contributed by atoms with Crippen molar-refractivity contribution in [2.24, 2.45) is 17.8 Å². The van der Waals surface area contributed by atoms with Gasteiger partial charge in [-0.2, -0.15) is 5.10 Å². The monoisotopic (exact) mass is 506 g/mol. The van der Waals surface area contributed by atoms with Crippen molar-refractivity contribution in [3.05, 3.63) is 65.2 Å². The second-order valence-electron chi connectivity index (χ2n) is 11.4. The van der Waals surface area contributed by atoms with Gasteiger partial charge in [0.1, 0.15) is 0 Å². The molecule has 190 valence electrons. The number of urea groups is 1. The van der Waals surface area contributed by atoms with E-state index in [-0.39, 0.29) is 17.6 Å². The lowest BCUT2D eigenvalue weighted by atomic mass is 9.53. The normalized spacial score (nSPS) is 30.8. The first kappa shape index (κ1) is 23.5. The Hall–Kier alpha value is -2.87. The highest BCUT2D eigenvalue weighted by Gasteiger charge is 2.51. The Bertz CT molecular complexity index is 1290. The van der Waals surface area contributed by atoms with Crippen molar-refractivity contribution in [3.63, 3.8) is 0 Å². The Morgan fingerprint density at radius 3 is 2.33 bits per heavy atom. The number of rotatable bonds is 6. The summed E-state index contributed by atoms with van der Waals surface area (Å²) in [6.45, 7) is 0.339. The van der Waals surface area contributed by atoms with Crippen LogP contribution in [0.2, 0.25) is 0 Å². The molecule has 0 spiro atoms. The van der Waals surface area contributed by atoms with E-state index < -0.39 is 9.84 Å². The van der Waals surface area contributed by atoms with Gasteiger partial charge < -0.3 is 10.6 Å². The first-order valence-electron chi connectivity index (χ1n) is 13.0. The minimum absolute atomic E-state index is 0.0239. The van der Waals surface area contributed by atoms with Gasteiger partial charge in [-0.25, -0.2) is 13.2 Å². The molecule has 1 heterocycles. The smallest absolute Gasteiger partial charge is 0.315 e. The van der Waals surface area contributed by atoms with Gasteiger partial charge in [-0.1, -0.05) is 42.5 Å². The van der Waals surface area contributed by atoms with E-state index in [1.807, 2.05) is 47.2 Å². The minimum Gasteiger partial charge on any atom is -0.333 e. The average molecular weight is 507 g/mol. The Morgan fingerprint density at radius 1 is 1.08 bits per heavy atom. The van der Waals surface area contributed by atoms with Crippen LogP contribution in [0.3, 0.4) is 0 Å². The molecule has 8 heteroatoms. The summed E-state index contributed by atoms with van der Waals surface area (Å²) in [7, 11) is -3.24. The van der Waals surface area contributed by atoms with Gasteiger partial charge in [0.2, 0.25) is 0 Å². The third-order valence-corrected chi connectivity index (χ3v) is 9.65. The first-order chi connectivity index (χ1) is 17.3. The summed E-state index contributed by atoms with van der Waals surface area (Å²) in [6.07, 6.45) is 14.5. The van der Waals surface area contributed by atoms with Crippen molar-refractivity contribution in [3.8, 4) is 11.3 Å². The second kappa shape index (κ2) is 8.91. The summed E-state index contributed by atoms with van der Waals surface area (Å²) in [5, 5.41) is 11.3. The molecule has 7 rings (SSSR count). The highest BCUT2D eigenvalue weighted by Crippen LogP contribution is 2.55. The van der Waals surface area contributed by atoms with Crippen LogP contribution in [-0.4, -0.2) is 36.0 Å². The number of amides is 2. The quantitative estimate of drug-likeness (QED) is 0.591. The molecule has 2 amide bonds. The topological polar surface area (TPSA) is 93.1 Å². The molecule has 5 aliphatic carbocycles. The van der Waals surface area contributed by atoms with Crippen LogP contribution in [-0.2, 0) is 16.4 Å². The van der Waals surface area contributed by atoms with Crippen molar-refractivity contribution in [2.75, 3.05) is 6.26 Å². The van der Waals surface area contributed by atoms with Crippen molar-refractivity contribution in [1.82, 2.24) is 20.4 Å². The summed E-state index contributed by atoms with van der Waals surface area (Å²) in [5.41, 5.74) is 2.73. The number of carbonyl (C=O) groups is 1. The van der Waals surface area contributed by atoms with E-state index in [0.717, 1.165) is 54.0 Å². The molecule has 4 fully saturated rings. The van der Waals surface area contributed by atoms with Crippen LogP contribution in [0.5, 0.6) is 0 Å². The maximum atomic E-state index is 13.0. The number of allylic oxidation sites excluding steroid dienone is 3. The number of benzene rings is 1. The van der Waals surface area contributed by atoms with Crippen LogP contribution in [0, 0.1) is 17.8 Å². The van der Waals surface area contributed by atoms with Crippen molar-refractivity contribution in [2.45, 2.75) is 63.1 Å². The van der Waals surface area contributed by atoms with E-state index >= 15 is 0 Å². The predicted octanol–water partition coefficient (Wildman–Crippen LogP) is 4.75. The number of nitrogens with one attached hydrogen (secondary N) is 2. The van der Waals surface area contributed by atoms with Crippen LogP contribution in [0.25, 0.3) is 11.3 Å². The van der Waals surface area contributed by atoms with Gasteiger partial charge in [-0.3, -0.25) is 4.68 Å². The second-order valence-corrected chi connectivity index (χ2v) is 13.4. The molecule has 1 aromatic carbocycles. The maximum absolute atomic E-state index is 13.0. The summed E-state index contributed by atoms with van der Waals surface area (Å²) in [4.78, 5) is 13.3. The molecule has 5 aliphatic rings. The van der Waals surface area contributed by atoms with Gasteiger partial charge in [-0.05, 0) is 80.4 Å². The molecule has 0 aliphatic heterocycles. The molecular formula is C28H34N4O3S. The van der Waals surface area contributed by atoms with Gasteiger partial charge in [0.05, 0.1) is 28.9 Å². The van der Waals surface area contributed by atoms with Crippen LogP contribution >= 0.6 is 0 Å². The van der Waals surface area contributed by atoms with E-state index in [1.165, 1.54) is 25.5 Å². The van der Waals surface area contributed by atoms with Crippen molar-refractivity contribution < 1.29 is 13.2 Å². The molecule has 4 saturated carbocycles. The fourth-order valence-electron chi connectivity index (χ4n) is 7.37. The van der Waals surface area contributed by atoms with E-state index in [1.54, 1.807) is 12.2 Å². The van der Waals surface area contributed by atoms with Crippen molar-refractivity contribution >= 4 is 15.9 Å². The summed E-state index contributed by atoms with van der Waals surface area (Å²) < 4.78 is 25.8.